The first-order valence-corrected chi connectivity index (χ1v) is 10.0. The van der Waals surface area contributed by atoms with Crippen molar-refractivity contribution < 1.29 is 14.4 Å². The summed E-state index contributed by atoms with van der Waals surface area (Å²) in [5.74, 6) is 0.589. The predicted molar refractivity (Wildman–Crippen MR) is 111 cm³/mol. The number of aromatic hydroxyl groups is 1. The Hall–Kier alpha value is -4.01. The average molecular weight is 416 g/mol. The lowest BCUT2D eigenvalue weighted by Crippen LogP contribution is -2.31. The number of phenols is 1. The van der Waals surface area contributed by atoms with Gasteiger partial charge in [-0.2, -0.15) is 20.0 Å². The van der Waals surface area contributed by atoms with Crippen molar-refractivity contribution in [2.24, 2.45) is 0 Å². The van der Waals surface area contributed by atoms with Crippen molar-refractivity contribution in [1.29, 1.82) is 0 Å². The highest BCUT2D eigenvalue weighted by atomic mass is 16.5. The summed E-state index contributed by atoms with van der Waals surface area (Å²) in [5, 5.41) is 22.5. The first-order chi connectivity index (χ1) is 15.1. The number of benzene rings is 2. The molecule has 1 aliphatic rings. The minimum Gasteiger partial charge on any atom is -0.507 e. The van der Waals surface area contributed by atoms with E-state index < -0.39 is 0 Å². The van der Waals surface area contributed by atoms with Crippen LogP contribution in [0.25, 0.3) is 17.1 Å². The molecule has 2 aromatic heterocycles. The van der Waals surface area contributed by atoms with Crippen molar-refractivity contribution in [3.05, 3.63) is 71.9 Å². The molecule has 9 nitrogen and oxygen atoms in total. The molecule has 4 aromatic rings. The number of carbonyl (C=O) groups excluding carboxylic acids is 1. The van der Waals surface area contributed by atoms with Gasteiger partial charge in [0.05, 0.1) is 29.2 Å². The molecule has 2 aromatic carbocycles. The fourth-order valence-electron chi connectivity index (χ4n) is 3.90. The monoisotopic (exact) mass is 416 g/mol. The van der Waals surface area contributed by atoms with Gasteiger partial charge in [-0.3, -0.25) is 4.79 Å². The number of hydrogen-bond acceptors (Lipinski definition) is 7. The molecule has 1 saturated heterocycles. The third-order valence-electron chi connectivity index (χ3n) is 5.40. The summed E-state index contributed by atoms with van der Waals surface area (Å²) in [6.45, 7) is 2.52. The number of phenolic OH excluding ortho intramolecular Hbond substituents is 1. The van der Waals surface area contributed by atoms with Crippen molar-refractivity contribution in [2.75, 3.05) is 6.54 Å². The molecular formula is C22H20N6O3. The summed E-state index contributed by atoms with van der Waals surface area (Å²) in [6, 6.07) is 12.1. The second kappa shape index (κ2) is 7.67. The van der Waals surface area contributed by atoms with Crippen LogP contribution in [0, 0.1) is 6.92 Å². The van der Waals surface area contributed by atoms with Gasteiger partial charge in [-0.05, 0) is 44.0 Å². The summed E-state index contributed by atoms with van der Waals surface area (Å²) in [6.07, 6.45) is 4.69. The molecule has 9 heteroatoms. The van der Waals surface area contributed by atoms with Crippen LogP contribution in [0.5, 0.6) is 5.75 Å². The van der Waals surface area contributed by atoms with Crippen molar-refractivity contribution in [3.63, 3.8) is 0 Å². The molecule has 1 N–H and O–H groups in total. The zero-order chi connectivity index (χ0) is 21.4. The van der Waals surface area contributed by atoms with Crippen LogP contribution in [0.2, 0.25) is 0 Å². The molecule has 1 fully saturated rings. The Morgan fingerprint density at radius 1 is 1.16 bits per heavy atom. The van der Waals surface area contributed by atoms with Gasteiger partial charge in [0.15, 0.2) is 0 Å². The summed E-state index contributed by atoms with van der Waals surface area (Å²) in [7, 11) is 0. The first kappa shape index (κ1) is 19.0. The third kappa shape index (κ3) is 3.43. The van der Waals surface area contributed by atoms with Gasteiger partial charge in [0, 0.05) is 6.54 Å². The van der Waals surface area contributed by atoms with E-state index in [-0.39, 0.29) is 17.7 Å². The summed E-state index contributed by atoms with van der Waals surface area (Å²) in [4.78, 5) is 21.2. The zero-order valence-electron chi connectivity index (χ0n) is 16.8. The Balaban J connectivity index is 1.48. The third-order valence-corrected chi connectivity index (χ3v) is 5.40. The number of likely N-dealkylation sites (tertiary alicyclic amines) is 1. The van der Waals surface area contributed by atoms with Crippen molar-refractivity contribution in [2.45, 2.75) is 25.8 Å². The number of amides is 1. The Bertz CT molecular complexity index is 1230. The standard InChI is InChI=1S/C22H20N6O3/c1-14-8-9-17(28-23-10-11-24-28)16(13-14)22(30)27-12-4-6-18(27)21-25-20(26-31-21)15-5-2-3-7-19(15)29/h2-3,5,7-11,13,18,29H,4,6,12H2,1H3/t18-/m0/s1. The second-order valence-electron chi connectivity index (χ2n) is 7.47. The molecule has 1 aliphatic heterocycles. The zero-order valence-corrected chi connectivity index (χ0v) is 16.8. The molecule has 1 amide bonds. The van der Waals surface area contributed by atoms with E-state index >= 15 is 0 Å². The largest absolute Gasteiger partial charge is 0.507 e. The Morgan fingerprint density at radius 3 is 2.77 bits per heavy atom. The average Bonchev–Trinajstić information content (AvgIpc) is 3.54. The molecular weight excluding hydrogens is 396 g/mol. The Morgan fingerprint density at radius 2 is 1.97 bits per heavy atom. The van der Waals surface area contributed by atoms with Gasteiger partial charge in [-0.15, -0.1) is 0 Å². The fraction of sp³-hybridized carbons (Fsp3) is 0.227. The molecule has 156 valence electrons. The maximum absolute atomic E-state index is 13.6. The van der Waals surface area contributed by atoms with E-state index in [0.717, 1.165) is 18.4 Å². The van der Waals surface area contributed by atoms with E-state index in [1.54, 1.807) is 41.6 Å². The van der Waals surface area contributed by atoms with E-state index in [1.165, 1.54) is 4.80 Å². The number of aromatic nitrogens is 5. The van der Waals surface area contributed by atoms with Gasteiger partial charge in [0.1, 0.15) is 11.8 Å². The number of carbonyl (C=O) groups is 1. The highest BCUT2D eigenvalue weighted by Gasteiger charge is 2.36. The summed E-state index contributed by atoms with van der Waals surface area (Å²) >= 11 is 0. The molecule has 5 rings (SSSR count). The van der Waals surface area contributed by atoms with E-state index in [1.807, 2.05) is 25.1 Å². The van der Waals surface area contributed by atoms with Gasteiger partial charge in [0.2, 0.25) is 11.7 Å². The number of hydrogen-bond donors (Lipinski definition) is 1. The summed E-state index contributed by atoms with van der Waals surface area (Å²) in [5.41, 5.74) is 2.59. The van der Waals surface area contributed by atoms with Crippen LogP contribution in [-0.2, 0) is 0 Å². The van der Waals surface area contributed by atoms with Gasteiger partial charge >= 0.3 is 0 Å². The van der Waals surface area contributed by atoms with Crippen LogP contribution in [0.1, 0.15) is 40.7 Å². The van der Waals surface area contributed by atoms with Crippen LogP contribution >= 0.6 is 0 Å². The van der Waals surface area contributed by atoms with Crippen LogP contribution in [-0.4, -0.2) is 47.6 Å². The minimum absolute atomic E-state index is 0.0744. The maximum atomic E-state index is 13.6. The van der Waals surface area contributed by atoms with E-state index in [9.17, 15) is 9.90 Å². The lowest BCUT2D eigenvalue weighted by Gasteiger charge is -2.23. The molecule has 31 heavy (non-hydrogen) atoms. The number of para-hydroxylation sites is 1. The van der Waals surface area contributed by atoms with Gasteiger partial charge in [-0.25, -0.2) is 0 Å². The molecule has 3 heterocycles. The van der Waals surface area contributed by atoms with Crippen LogP contribution in [0.3, 0.4) is 0 Å². The van der Waals surface area contributed by atoms with Gasteiger partial charge in [-0.1, -0.05) is 28.9 Å². The molecule has 0 spiro atoms. The molecule has 0 saturated carbocycles. The number of aryl methyl sites for hydroxylation is 1. The maximum Gasteiger partial charge on any atom is 0.256 e. The smallest absolute Gasteiger partial charge is 0.256 e. The topological polar surface area (TPSA) is 110 Å². The van der Waals surface area contributed by atoms with Gasteiger partial charge < -0.3 is 14.5 Å². The normalized spacial score (nSPS) is 16.0. The van der Waals surface area contributed by atoms with Gasteiger partial charge in [0.25, 0.3) is 5.91 Å². The minimum atomic E-state index is -0.335. The second-order valence-corrected chi connectivity index (χ2v) is 7.47. The van der Waals surface area contributed by atoms with E-state index in [0.29, 0.717) is 35.1 Å². The first-order valence-electron chi connectivity index (χ1n) is 10.0. The van der Waals surface area contributed by atoms with Crippen molar-refractivity contribution in [3.8, 4) is 22.8 Å². The highest BCUT2D eigenvalue weighted by Crippen LogP contribution is 2.35. The SMILES string of the molecule is Cc1ccc(-n2nccn2)c(C(=O)N2CCC[C@H]2c2nc(-c3ccccc3O)no2)c1. The Labute approximate surface area is 177 Å². The molecule has 1 atom stereocenters. The lowest BCUT2D eigenvalue weighted by molar-refractivity contribution is 0.0709. The molecule has 0 radical (unpaired) electrons. The van der Waals surface area contributed by atoms with Crippen LogP contribution in [0.15, 0.2) is 59.4 Å². The Kier molecular flexibility index (Phi) is 4.70. The molecule has 0 unspecified atom stereocenters. The number of rotatable bonds is 4. The molecule has 0 bridgehead atoms. The van der Waals surface area contributed by atoms with Crippen LogP contribution in [0.4, 0.5) is 0 Å². The fourth-order valence-corrected chi connectivity index (χ4v) is 3.90. The molecule has 0 aliphatic carbocycles. The van der Waals surface area contributed by atoms with E-state index in [4.69, 9.17) is 4.52 Å². The predicted octanol–water partition coefficient (Wildman–Crippen LogP) is 3.31. The summed E-state index contributed by atoms with van der Waals surface area (Å²) < 4.78 is 5.50. The quantitative estimate of drug-likeness (QED) is 0.543. The number of nitrogens with zero attached hydrogens (tertiary/aromatic N) is 6. The highest BCUT2D eigenvalue weighted by molar-refractivity contribution is 5.98. The van der Waals surface area contributed by atoms with Crippen molar-refractivity contribution >= 4 is 5.91 Å². The van der Waals surface area contributed by atoms with E-state index in [2.05, 4.69) is 20.3 Å². The van der Waals surface area contributed by atoms with Crippen LogP contribution < -0.4 is 0 Å². The lowest BCUT2D eigenvalue weighted by atomic mass is 10.1. The van der Waals surface area contributed by atoms with Crippen molar-refractivity contribution in [1.82, 2.24) is 30.0 Å².